The molecule has 4 nitrogen and oxygen atoms in total. The van der Waals surface area contributed by atoms with Gasteiger partial charge in [0.25, 0.3) is 0 Å². The SMILES string of the molecule is CC(C)(C)OC(=O)N1CCOCC1CCBr. The maximum Gasteiger partial charge on any atom is 0.410 e. The van der Waals surface area contributed by atoms with E-state index in [0.29, 0.717) is 19.8 Å². The Kier molecular flexibility index (Phi) is 5.05. The summed E-state index contributed by atoms with van der Waals surface area (Å²) in [4.78, 5) is 13.7. The van der Waals surface area contributed by atoms with Gasteiger partial charge in [-0.15, -0.1) is 0 Å². The predicted octanol–water partition coefficient (Wildman–Crippen LogP) is 2.41. The van der Waals surface area contributed by atoms with E-state index in [1.165, 1.54) is 0 Å². The molecule has 1 atom stereocenters. The molecule has 0 aliphatic carbocycles. The zero-order valence-corrected chi connectivity index (χ0v) is 11.7. The molecule has 0 aromatic carbocycles. The molecule has 0 bridgehead atoms. The summed E-state index contributed by atoms with van der Waals surface area (Å²) >= 11 is 3.39. The molecule has 1 aliphatic heterocycles. The molecule has 0 aromatic rings. The van der Waals surface area contributed by atoms with E-state index < -0.39 is 5.60 Å². The summed E-state index contributed by atoms with van der Waals surface area (Å²) in [5, 5.41) is 0.861. The van der Waals surface area contributed by atoms with Crippen LogP contribution in [0.2, 0.25) is 0 Å². The van der Waals surface area contributed by atoms with Gasteiger partial charge in [-0.1, -0.05) is 15.9 Å². The molecule has 5 heteroatoms. The Bertz CT molecular complexity index is 238. The van der Waals surface area contributed by atoms with Crippen LogP contribution in [0.25, 0.3) is 0 Å². The van der Waals surface area contributed by atoms with Crippen molar-refractivity contribution in [2.75, 3.05) is 25.1 Å². The highest BCUT2D eigenvalue weighted by molar-refractivity contribution is 9.09. The first-order chi connectivity index (χ1) is 7.44. The highest BCUT2D eigenvalue weighted by Gasteiger charge is 2.30. The summed E-state index contributed by atoms with van der Waals surface area (Å²) in [6, 6.07) is 0.128. The average Bonchev–Trinajstić information content (AvgIpc) is 2.16. The van der Waals surface area contributed by atoms with Gasteiger partial charge in [0, 0.05) is 11.9 Å². The maximum absolute atomic E-state index is 11.9. The Morgan fingerprint density at radius 2 is 2.25 bits per heavy atom. The van der Waals surface area contributed by atoms with Gasteiger partial charge in [0.2, 0.25) is 0 Å². The van der Waals surface area contributed by atoms with Crippen molar-refractivity contribution < 1.29 is 14.3 Å². The van der Waals surface area contributed by atoms with Gasteiger partial charge in [0.15, 0.2) is 0 Å². The molecular weight excluding hydrogens is 274 g/mol. The van der Waals surface area contributed by atoms with Gasteiger partial charge < -0.3 is 14.4 Å². The first-order valence-electron chi connectivity index (χ1n) is 5.57. The number of amides is 1. The molecule has 16 heavy (non-hydrogen) atoms. The van der Waals surface area contributed by atoms with Crippen LogP contribution in [0.1, 0.15) is 27.2 Å². The van der Waals surface area contributed by atoms with E-state index in [1.54, 1.807) is 4.90 Å². The van der Waals surface area contributed by atoms with Crippen LogP contribution in [-0.2, 0) is 9.47 Å². The second-order valence-corrected chi connectivity index (χ2v) is 5.67. The smallest absolute Gasteiger partial charge is 0.410 e. The van der Waals surface area contributed by atoms with Crippen molar-refractivity contribution in [1.29, 1.82) is 0 Å². The van der Waals surface area contributed by atoms with E-state index in [-0.39, 0.29) is 12.1 Å². The lowest BCUT2D eigenvalue weighted by atomic mass is 10.2. The van der Waals surface area contributed by atoms with Crippen molar-refractivity contribution in [3.63, 3.8) is 0 Å². The minimum absolute atomic E-state index is 0.128. The van der Waals surface area contributed by atoms with Crippen molar-refractivity contribution >= 4 is 22.0 Å². The van der Waals surface area contributed by atoms with Crippen molar-refractivity contribution in [3.8, 4) is 0 Å². The highest BCUT2D eigenvalue weighted by Crippen LogP contribution is 2.16. The third kappa shape index (κ3) is 4.29. The van der Waals surface area contributed by atoms with Crippen molar-refractivity contribution in [1.82, 2.24) is 4.90 Å². The molecule has 0 aromatic heterocycles. The maximum atomic E-state index is 11.9. The number of hydrogen-bond donors (Lipinski definition) is 0. The number of rotatable bonds is 2. The molecular formula is C11H20BrNO3. The molecule has 0 N–H and O–H groups in total. The molecule has 1 aliphatic rings. The first kappa shape index (κ1) is 13.8. The highest BCUT2D eigenvalue weighted by atomic mass is 79.9. The fourth-order valence-electron chi connectivity index (χ4n) is 1.58. The molecule has 0 radical (unpaired) electrons. The van der Waals surface area contributed by atoms with E-state index in [4.69, 9.17) is 9.47 Å². The number of morpholine rings is 1. The topological polar surface area (TPSA) is 38.8 Å². The van der Waals surface area contributed by atoms with E-state index in [0.717, 1.165) is 11.8 Å². The molecule has 1 rings (SSSR count). The zero-order valence-electron chi connectivity index (χ0n) is 10.2. The van der Waals surface area contributed by atoms with Gasteiger partial charge in [-0.2, -0.15) is 0 Å². The molecule has 1 fully saturated rings. The van der Waals surface area contributed by atoms with Crippen molar-refractivity contribution in [2.24, 2.45) is 0 Å². The van der Waals surface area contributed by atoms with Crippen LogP contribution >= 0.6 is 15.9 Å². The van der Waals surface area contributed by atoms with E-state index in [9.17, 15) is 4.79 Å². The average molecular weight is 294 g/mol. The van der Waals surface area contributed by atoms with Gasteiger partial charge in [-0.3, -0.25) is 0 Å². The van der Waals surface area contributed by atoms with Gasteiger partial charge in [-0.05, 0) is 27.2 Å². The van der Waals surface area contributed by atoms with Crippen LogP contribution in [0.15, 0.2) is 0 Å². The summed E-state index contributed by atoms with van der Waals surface area (Å²) < 4.78 is 10.7. The van der Waals surface area contributed by atoms with Crippen molar-refractivity contribution in [2.45, 2.75) is 38.8 Å². The minimum Gasteiger partial charge on any atom is -0.444 e. The van der Waals surface area contributed by atoms with Crippen LogP contribution in [0, 0.1) is 0 Å². The van der Waals surface area contributed by atoms with Gasteiger partial charge >= 0.3 is 6.09 Å². The fraction of sp³-hybridized carbons (Fsp3) is 0.909. The Morgan fingerprint density at radius 1 is 1.56 bits per heavy atom. The molecule has 0 saturated carbocycles. The lowest BCUT2D eigenvalue weighted by molar-refractivity contribution is -0.0325. The van der Waals surface area contributed by atoms with Gasteiger partial charge in [0.1, 0.15) is 5.60 Å². The normalized spacial score (nSPS) is 22.0. The largest absolute Gasteiger partial charge is 0.444 e. The zero-order chi connectivity index (χ0) is 12.2. The number of hydrogen-bond acceptors (Lipinski definition) is 3. The second-order valence-electron chi connectivity index (χ2n) is 4.88. The lowest BCUT2D eigenvalue weighted by Crippen LogP contribution is -2.50. The number of halogens is 1. The third-order valence-electron chi connectivity index (χ3n) is 2.30. The Labute approximate surface area is 105 Å². The van der Waals surface area contributed by atoms with Crippen LogP contribution in [0.5, 0.6) is 0 Å². The summed E-state index contributed by atoms with van der Waals surface area (Å²) in [5.41, 5.74) is -0.436. The minimum atomic E-state index is -0.436. The van der Waals surface area contributed by atoms with Crippen LogP contribution < -0.4 is 0 Å². The molecule has 94 valence electrons. The molecule has 1 saturated heterocycles. The Morgan fingerprint density at radius 3 is 2.81 bits per heavy atom. The van der Waals surface area contributed by atoms with Crippen LogP contribution in [0.3, 0.4) is 0 Å². The Hall–Kier alpha value is -0.290. The molecule has 1 heterocycles. The summed E-state index contributed by atoms with van der Waals surface area (Å²) in [7, 11) is 0. The fourth-order valence-corrected chi connectivity index (χ4v) is 2.11. The molecule has 0 spiro atoms. The quantitative estimate of drug-likeness (QED) is 0.734. The number of carbonyl (C=O) groups excluding carboxylic acids is 1. The number of carbonyl (C=O) groups is 1. The molecule has 1 unspecified atom stereocenters. The van der Waals surface area contributed by atoms with Crippen molar-refractivity contribution in [3.05, 3.63) is 0 Å². The van der Waals surface area contributed by atoms with E-state index in [2.05, 4.69) is 15.9 Å². The number of ether oxygens (including phenoxy) is 2. The predicted molar refractivity (Wildman–Crippen MR) is 66.0 cm³/mol. The molecule has 1 amide bonds. The Balaban J connectivity index is 2.57. The van der Waals surface area contributed by atoms with Crippen LogP contribution in [-0.4, -0.2) is 47.7 Å². The van der Waals surface area contributed by atoms with Gasteiger partial charge in [-0.25, -0.2) is 4.79 Å². The third-order valence-corrected chi connectivity index (χ3v) is 2.76. The van der Waals surface area contributed by atoms with E-state index in [1.807, 2.05) is 20.8 Å². The monoisotopic (exact) mass is 293 g/mol. The van der Waals surface area contributed by atoms with Gasteiger partial charge in [0.05, 0.1) is 19.3 Å². The second kappa shape index (κ2) is 5.87. The number of alkyl halides is 1. The lowest BCUT2D eigenvalue weighted by Gasteiger charge is -2.36. The standard InChI is InChI=1S/C11H20BrNO3/c1-11(2,3)16-10(14)13-6-7-15-8-9(13)4-5-12/h9H,4-8H2,1-3H3. The first-order valence-corrected chi connectivity index (χ1v) is 6.69. The summed E-state index contributed by atoms with van der Waals surface area (Å²) in [6.45, 7) is 7.45. The van der Waals surface area contributed by atoms with Crippen LogP contribution in [0.4, 0.5) is 4.79 Å². The summed E-state index contributed by atoms with van der Waals surface area (Å²) in [5.74, 6) is 0. The summed E-state index contributed by atoms with van der Waals surface area (Å²) in [6.07, 6.45) is 0.654. The number of nitrogens with zero attached hydrogens (tertiary/aromatic N) is 1. The van der Waals surface area contributed by atoms with E-state index >= 15 is 0 Å².